The summed E-state index contributed by atoms with van der Waals surface area (Å²) in [4.78, 5) is 23.3. The van der Waals surface area contributed by atoms with Gasteiger partial charge in [-0.15, -0.1) is 0 Å². The van der Waals surface area contributed by atoms with Crippen LogP contribution >= 0.6 is 0 Å². The number of morpholine rings is 1. The molecule has 1 spiro atoms. The highest BCUT2D eigenvalue weighted by atomic mass is 16.5. The molecule has 0 N–H and O–H groups in total. The smallest absolute Gasteiger partial charge is 0.255 e. The highest BCUT2D eigenvalue weighted by molar-refractivity contribution is 5.94. The summed E-state index contributed by atoms with van der Waals surface area (Å²) >= 11 is 0. The van der Waals surface area contributed by atoms with Crippen molar-refractivity contribution in [3.05, 3.63) is 30.1 Å². The van der Waals surface area contributed by atoms with Crippen molar-refractivity contribution >= 4 is 5.91 Å². The second kappa shape index (κ2) is 8.23. The molecule has 2 saturated heterocycles. The van der Waals surface area contributed by atoms with Crippen molar-refractivity contribution in [3.63, 3.8) is 0 Å². The number of carbonyl (C=O) groups is 1. The van der Waals surface area contributed by atoms with E-state index in [2.05, 4.69) is 28.9 Å². The Bertz CT molecular complexity index is 569. The van der Waals surface area contributed by atoms with Gasteiger partial charge in [0.15, 0.2) is 0 Å². The fourth-order valence-corrected chi connectivity index (χ4v) is 3.39. The second-order valence-electron chi connectivity index (χ2n) is 7.13. The van der Waals surface area contributed by atoms with Crippen LogP contribution in [0.2, 0.25) is 0 Å². The highest BCUT2D eigenvalue weighted by Crippen LogP contribution is 2.23. The summed E-state index contributed by atoms with van der Waals surface area (Å²) in [5, 5.41) is 0. The van der Waals surface area contributed by atoms with Gasteiger partial charge in [0.25, 0.3) is 5.91 Å². The number of pyridine rings is 1. The largest absolute Gasteiger partial charge is 0.377 e. The maximum absolute atomic E-state index is 12.8. The van der Waals surface area contributed by atoms with Crippen LogP contribution in [0.3, 0.4) is 0 Å². The van der Waals surface area contributed by atoms with E-state index >= 15 is 0 Å². The van der Waals surface area contributed by atoms with Gasteiger partial charge >= 0.3 is 0 Å². The van der Waals surface area contributed by atoms with Gasteiger partial charge in [0, 0.05) is 45.1 Å². The molecule has 1 aromatic heterocycles. The lowest BCUT2D eigenvalue weighted by Gasteiger charge is -2.43. The number of nitrogens with zero attached hydrogens (tertiary/aromatic N) is 4. The lowest BCUT2D eigenvalue weighted by molar-refractivity contribution is -0.133. The lowest BCUT2D eigenvalue weighted by atomic mass is 10.0. The normalized spacial score (nSPS) is 25.3. The van der Waals surface area contributed by atoms with Gasteiger partial charge in [-0.05, 0) is 26.2 Å². The van der Waals surface area contributed by atoms with Gasteiger partial charge < -0.3 is 19.3 Å². The SMILES string of the molecule is CN(C)CCN1CCOCC2(C1)CN(C(=O)c1cccnc1)CCO2. The van der Waals surface area contributed by atoms with Crippen molar-refractivity contribution in [1.29, 1.82) is 0 Å². The molecule has 0 bridgehead atoms. The molecule has 1 aromatic rings. The molecule has 0 aliphatic carbocycles. The van der Waals surface area contributed by atoms with E-state index in [-0.39, 0.29) is 5.91 Å². The molecule has 7 heteroatoms. The van der Waals surface area contributed by atoms with Gasteiger partial charge in [0.2, 0.25) is 0 Å². The Morgan fingerprint density at radius 1 is 1.32 bits per heavy atom. The number of amides is 1. The van der Waals surface area contributed by atoms with E-state index in [0.717, 1.165) is 26.2 Å². The van der Waals surface area contributed by atoms with Crippen molar-refractivity contribution in [2.75, 3.05) is 73.2 Å². The van der Waals surface area contributed by atoms with Crippen LogP contribution in [0.1, 0.15) is 10.4 Å². The van der Waals surface area contributed by atoms with Crippen molar-refractivity contribution in [1.82, 2.24) is 19.7 Å². The molecule has 2 aliphatic heterocycles. The predicted molar refractivity (Wildman–Crippen MR) is 94.6 cm³/mol. The van der Waals surface area contributed by atoms with Crippen LogP contribution < -0.4 is 0 Å². The molecule has 138 valence electrons. The first-order valence-corrected chi connectivity index (χ1v) is 8.86. The third-order valence-corrected chi connectivity index (χ3v) is 4.74. The molecule has 1 atom stereocenters. The Morgan fingerprint density at radius 2 is 2.20 bits per heavy atom. The molecule has 3 heterocycles. The van der Waals surface area contributed by atoms with Gasteiger partial charge in [0.05, 0.1) is 31.9 Å². The predicted octanol–water partition coefficient (Wildman–Crippen LogP) is 0.187. The topological polar surface area (TPSA) is 58.1 Å². The van der Waals surface area contributed by atoms with Crippen LogP contribution in [0, 0.1) is 0 Å². The van der Waals surface area contributed by atoms with Crippen molar-refractivity contribution in [3.8, 4) is 0 Å². The van der Waals surface area contributed by atoms with Crippen LogP contribution in [0.15, 0.2) is 24.5 Å². The molecule has 3 rings (SSSR count). The molecule has 25 heavy (non-hydrogen) atoms. The van der Waals surface area contributed by atoms with E-state index in [9.17, 15) is 4.79 Å². The molecule has 2 fully saturated rings. The maximum atomic E-state index is 12.8. The number of carbonyl (C=O) groups excluding carboxylic acids is 1. The average Bonchev–Trinajstić information content (AvgIpc) is 2.82. The Morgan fingerprint density at radius 3 is 2.96 bits per heavy atom. The molecule has 0 aromatic carbocycles. The number of ether oxygens (including phenoxy) is 2. The Kier molecular flexibility index (Phi) is 6.01. The zero-order valence-electron chi connectivity index (χ0n) is 15.2. The molecule has 0 saturated carbocycles. The minimum Gasteiger partial charge on any atom is -0.377 e. The van der Waals surface area contributed by atoms with Crippen molar-refractivity contribution < 1.29 is 14.3 Å². The minimum atomic E-state index is -0.446. The summed E-state index contributed by atoms with van der Waals surface area (Å²) in [6, 6.07) is 3.60. The van der Waals surface area contributed by atoms with E-state index in [0.29, 0.717) is 38.5 Å². The van der Waals surface area contributed by atoms with Crippen LogP contribution in [0.25, 0.3) is 0 Å². The summed E-state index contributed by atoms with van der Waals surface area (Å²) in [5.74, 6) is 0.0138. The zero-order chi connectivity index (χ0) is 17.7. The number of rotatable bonds is 4. The summed E-state index contributed by atoms with van der Waals surface area (Å²) in [7, 11) is 4.16. The zero-order valence-corrected chi connectivity index (χ0v) is 15.2. The first kappa shape index (κ1) is 18.3. The van der Waals surface area contributed by atoms with Crippen LogP contribution in [0.4, 0.5) is 0 Å². The van der Waals surface area contributed by atoms with E-state index in [1.807, 2.05) is 11.0 Å². The minimum absolute atomic E-state index is 0.0138. The van der Waals surface area contributed by atoms with Crippen LogP contribution in [0.5, 0.6) is 0 Å². The van der Waals surface area contributed by atoms with E-state index in [1.165, 1.54) is 0 Å². The number of aromatic nitrogens is 1. The number of hydrogen-bond acceptors (Lipinski definition) is 6. The second-order valence-corrected chi connectivity index (χ2v) is 7.13. The third kappa shape index (κ3) is 4.76. The van der Waals surface area contributed by atoms with Crippen LogP contribution in [-0.4, -0.2) is 104 Å². The quantitative estimate of drug-likeness (QED) is 0.774. The molecule has 7 nitrogen and oxygen atoms in total. The summed E-state index contributed by atoms with van der Waals surface area (Å²) in [5.41, 5.74) is 0.178. The first-order chi connectivity index (χ1) is 12.1. The third-order valence-electron chi connectivity index (χ3n) is 4.74. The fraction of sp³-hybridized carbons (Fsp3) is 0.667. The summed E-state index contributed by atoms with van der Waals surface area (Å²) < 4.78 is 12.0. The summed E-state index contributed by atoms with van der Waals surface area (Å²) in [6.45, 7) is 6.58. The Hall–Kier alpha value is -1.54. The average molecular weight is 348 g/mol. The van der Waals surface area contributed by atoms with Gasteiger partial charge in [-0.2, -0.15) is 0 Å². The molecule has 0 radical (unpaired) electrons. The summed E-state index contributed by atoms with van der Waals surface area (Å²) in [6.07, 6.45) is 3.30. The molecular weight excluding hydrogens is 320 g/mol. The number of likely N-dealkylation sites (N-methyl/N-ethyl adjacent to an activating group) is 1. The maximum Gasteiger partial charge on any atom is 0.255 e. The van der Waals surface area contributed by atoms with Gasteiger partial charge in [-0.3, -0.25) is 14.7 Å². The van der Waals surface area contributed by atoms with Gasteiger partial charge in [0.1, 0.15) is 5.60 Å². The first-order valence-electron chi connectivity index (χ1n) is 8.86. The van der Waals surface area contributed by atoms with Crippen LogP contribution in [-0.2, 0) is 9.47 Å². The van der Waals surface area contributed by atoms with Crippen molar-refractivity contribution in [2.45, 2.75) is 5.60 Å². The molecule has 2 aliphatic rings. The molecule has 1 amide bonds. The lowest BCUT2D eigenvalue weighted by Crippen LogP contribution is -2.60. The molecular formula is C18H28N4O3. The fourth-order valence-electron chi connectivity index (χ4n) is 3.39. The van der Waals surface area contributed by atoms with E-state index in [1.54, 1.807) is 18.5 Å². The standard InChI is InChI=1S/C18H28N4O3/c1-20(2)6-7-21-8-10-24-15-18(13-21)14-22(9-11-25-18)17(23)16-4-3-5-19-12-16/h3-5,12H,6-11,13-15H2,1-2H3. The monoisotopic (exact) mass is 348 g/mol. The van der Waals surface area contributed by atoms with Gasteiger partial charge in [-0.25, -0.2) is 0 Å². The highest BCUT2D eigenvalue weighted by Gasteiger charge is 2.41. The van der Waals surface area contributed by atoms with E-state index < -0.39 is 5.60 Å². The Balaban J connectivity index is 1.68. The molecule has 1 unspecified atom stereocenters. The number of hydrogen-bond donors (Lipinski definition) is 0. The van der Waals surface area contributed by atoms with Gasteiger partial charge in [-0.1, -0.05) is 0 Å². The Labute approximate surface area is 149 Å². The van der Waals surface area contributed by atoms with Crippen molar-refractivity contribution in [2.24, 2.45) is 0 Å². The van der Waals surface area contributed by atoms with E-state index in [4.69, 9.17) is 9.47 Å².